The van der Waals surface area contributed by atoms with Crippen LogP contribution in [0, 0.1) is 5.92 Å². The fraction of sp³-hybridized carbons (Fsp3) is 0.938. The molecule has 1 amide bonds. The van der Waals surface area contributed by atoms with Gasteiger partial charge in [-0.2, -0.15) is 0 Å². The molecule has 3 rings (SSSR count). The van der Waals surface area contributed by atoms with Crippen LogP contribution in [-0.4, -0.2) is 49.1 Å². The molecule has 3 unspecified atom stereocenters. The summed E-state index contributed by atoms with van der Waals surface area (Å²) < 4.78 is 0. The summed E-state index contributed by atoms with van der Waals surface area (Å²) in [5, 5.41) is 6.68. The van der Waals surface area contributed by atoms with Crippen LogP contribution in [0.2, 0.25) is 0 Å². The molecule has 0 spiro atoms. The summed E-state index contributed by atoms with van der Waals surface area (Å²) in [6.07, 6.45) is 9.32. The van der Waals surface area contributed by atoms with Gasteiger partial charge in [-0.25, -0.2) is 0 Å². The SMILES string of the molecule is CN1C2CCCC1CC(NC(=O)CCC1CCNC1)C2.Cl.Cl. The number of nitrogens with zero attached hydrogens (tertiary/aromatic N) is 1. The van der Waals surface area contributed by atoms with Gasteiger partial charge in [0.15, 0.2) is 0 Å². The Balaban J connectivity index is 0.00000121. The zero-order valence-electron chi connectivity index (χ0n) is 13.6. The molecule has 0 radical (unpaired) electrons. The van der Waals surface area contributed by atoms with Crippen LogP contribution in [0.3, 0.4) is 0 Å². The van der Waals surface area contributed by atoms with Crippen LogP contribution >= 0.6 is 24.8 Å². The predicted octanol–water partition coefficient (Wildman–Crippen LogP) is 2.35. The molecule has 3 atom stereocenters. The molecule has 0 aromatic heterocycles. The fourth-order valence-electron chi connectivity index (χ4n) is 4.33. The molecule has 130 valence electrons. The first-order valence-corrected chi connectivity index (χ1v) is 8.44. The van der Waals surface area contributed by atoms with E-state index in [0.29, 0.717) is 24.5 Å². The summed E-state index contributed by atoms with van der Waals surface area (Å²) in [6, 6.07) is 1.83. The second-order valence-corrected chi connectivity index (χ2v) is 7.04. The molecule has 3 aliphatic rings. The quantitative estimate of drug-likeness (QED) is 0.816. The summed E-state index contributed by atoms with van der Waals surface area (Å²) in [5.74, 6) is 1.00. The number of halogens is 2. The maximum Gasteiger partial charge on any atom is 0.220 e. The van der Waals surface area contributed by atoms with Gasteiger partial charge in [0.25, 0.3) is 0 Å². The van der Waals surface area contributed by atoms with E-state index in [9.17, 15) is 4.79 Å². The number of carbonyl (C=O) groups excluding carboxylic acids is 1. The molecule has 4 nitrogen and oxygen atoms in total. The lowest BCUT2D eigenvalue weighted by molar-refractivity contribution is -0.122. The second-order valence-electron chi connectivity index (χ2n) is 7.04. The Hall–Kier alpha value is -0.0300. The van der Waals surface area contributed by atoms with Crippen LogP contribution in [-0.2, 0) is 4.79 Å². The summed E-state index contributed by atoms with van der Waals surface area (Å²) in [5.41, 5.74) is 0. The van der Waals surface area contributed by atoms with E-state index in [0.717, 1.165) is 38.3 Å². The van der Waals surface area contributed by atoms with E-state index in [2.05, 4.69) is 22.6 Å². The van der Waals surface area contributed by atoms with Gasteiger partial charge in [0, 0.05) is 24.5 Å². The number of amides is 1. The van der Waals surface area contributed by atoms with E-state index in [4.69, 9.17) is 0 Å². The smallest absolute Gasteiger partial charge is 0.220 e. The topological polar surface area (TPSA) is 44.4 Å². The standard InChI is InChI=1S/C16H29N3O.2ClH/c1-19-14-3-2-4-15(19)10-13(9-14)18-16(20)6-5-12-7-8-17-11-12;;/h12-15,17H,2-11H2,1H3,(H,18,20);2*1H. The molecular weight excluding hydrogens is 321 g/mol. The third-order valence-corrected chi connectivity index (χ3v) is 5.65. The summed E-state index contributed by atoms with van der Waals surface area (Å²) in [7, 11) is 2.26. The van der Waals surface area contributed by atoms with Crippen molar-refractivity contribution >= 4 is 30.7 Å². The number of piperidine rings is 2. The van der Waals surface area contributed by atoms with Gasteiger partial charge in [0.05, 0.1) is 0 Å². The minimum atomic E-state index is 0. The summed E-state index contributed by atoms with van der Waals surface area (Å²) in [6.45, 7) is 2.23. The van der Waals surface area contributed by atoms with Gasteiger partial charge >= 0.3 is 0 Å². The van der Waals surface area contributed by atoms with Gasteiger partial charge in [-0.15, -0.1) is 24.8 Å². The molecule has 3 heterocycles. The molecular formula is C16H31Cl2N3O. The van der Waals surface area contributed by atoms with Crippen molar-refractivity contribution in [3.05, 3.63) is 0 Å². The Bertz CT molecular complexity index is 336. The molecule has 3 aliphatic heterocycles. The lowest BCUT2D eigenvalue weighted by Gasteiger charge is -2.47. The predicted molar refractivity (Wildman–Crippen MR) is 95.1 cm³/mol. The molecule has 0 saturated carbocycles. The van der Waals surface area contributed by atoms with E-state index >= 15 is 0 Å². The number of nitrogens with one attached hydrogen (secondary N) is 2. The summed E-state index contributed by atoms with van der Waals surface area (Å²) in [4.78, 5) is 14.7. The number of rotatable bonds is 4. The maximum absolute atomic E-state index is 12.1. The first-order valence-electron chi connectivity index (χ1n) is 8.44. The van der Waals surface area contributed by atoms with Crippen LogP contribution < -0.4 is 10.6 Å². The van der Waals surface area contributed by atoms with Gasteiger partial charge in [-0.05, 0) is 64.6 Å². The molecule has 0 aromatic carbocycles. The molecule has 6 heteroatoms. The average Bonchev–Trinajstić information content (AvgIpc) is 2.91. The minimum Gasteiger partial charge on any atom is -0.353 e. The number of fused-ring (bicyclic) bond motifs is 2. The zero-order valence-corrected chi connectivity index (χ0v) is 15.2. The van der Waals surface area contributed by atoms with Crippen molar-refractivity contribution in [2.75, 3.05) is 20.1 Å². The highest BCUT2D eigenvalue weighted by Gasteiger charge is 2.36. The van der Waals surface area contributed by atoms with Crippen LogP contribution in [0.15, 0.2) is 0 Å². The van der Waals surface area contributed by atoms with E-state index in [1.54, 1.807) is 0 Å². The van der Waals surface area contributed by atoms with Gasteiger partial charge in [0.1, 0.15) is 0 Å². The van der Waals surface area contributed by atoms with E-state index in [1.165, 1.54) is 25.7 Å². The molecule has 3 saturated heterocycles. The Morgan fingerprint density at radius 2 is 1.86 bits per heavy atom. The van der Waals surface area contributed by atoms with Crippen molar-refractivity contribution in [3.63, 3.8) is 0 Å². The highest BCUT2D eigenvalue weighted by molar-refractivity contribution is 5.85. The minimum absolute atomic E-state index is 0. The third-order valence-electron chi connectivity index (χ3n) is 5.65. The normalized spacial score (nSPS) is 34.4. The van der Waals surface area contributed by atoms with Crippen molar-refractivity contribution in [2.24, 2.45) is 5.92 Å². The Morgan fingerprint density at radius 3 is 2.45 bits per heavy atom. The van der Waals surface area contributed by atoms with Crippen LogP contribution in [0.1, 0.15) is 51.4 Å². The van der Waals surface area contributed by atoms with Crippen LogP contribution in [0.25, 0.3) is 0 Å². The van der Waals surface area contributed by atoms with Gasteiger partial charge in [-0.3, -0.25) is 4.79 Å². The van der Waals surface area contributed by atoms with Crippen molar-refractivity contribution in [3.8, 4) is 0 Å². The third kappa shape index (κ3) is 4.98. The molecule has 2 N–H and O–H groups in total. The second kappa shape index (κ2) is 9.31. The van der Waals surface area contributed by atoms with Crippen LogP contribution in [0.5, 0.6) is 0 Å². The summed E-state index contributed by atoms with van der Waals surface area (Å²) >= 11 is 0. The zero-order chi connectivity index (χ0) is 13.9. The average molecular weight is 352 g/mol. The molecule has 2 bridgehead atoms. The molecule has 3 fully saturated rings. The van der Waals surface area contributed by atoms with Gasteiger partial charge in [0.2, 0.25) is 5.91 Å². The van der Waals surface area contributed by atoms with Crippen molar-refractivity contribution < 1.29 is 4.79 Å². The largest absolute Gasteiger partial charge is 0.353 e. The lowest BCUT2D eigenvalue weighted by atomic mass is 9.82. The Labute approximate surface area is 147 Å². The monoisotopic (exact) mass is 351 g/mol. The first-order chi connectivity index (χ1) is 9.72. The van der Waals surface area contributed by atoms with Gasteiger partial charge < -0.3 is 15.5 Å². The van der Waals surface area contributed by atoms with Crippen molar-refractivity contribution in [1.82, 2.24) is 15.5 Å². The van der Waals surface area contributed by atoms with E-state index in [-0.39, 0.29) is 30.7 Å². The van der Waals surface area contributed by atoms with Crippen molar-refractivity contribution in [2.45, 2.75) is 69.5 Å². The lowest BCUT2D eigenvalue weighted by Crippen LogP contribution is -2.55. The van der Waals surface area contributed by atoms with Crippen molar-refractivity contribution in [1.29, 1.82) is 0 Å². The van der Waals surface area contributed by atoms with E-state index in [1.807, 2.05) is 0 Å². The molecule has 0 aromatic rings. The Kier molecular flexibility index (Phi) is 8.47. The van der Waals surface area contributed by atoms with E-state index < -0.39 is 0 Å². The van der Waals surface area contributed by atoms with Gasteiger partial charge in [-0.1, -0.05) is 6.42 Å². The highest BCUT2D eigenvalue weighted by Crippen LogP contribution is 2.32. The van der Waals surface area contributed by atoms with Crippen LogP contribution in [0.4, 0.5) is 0 Å². The first kappa shape index (κ1) is 20.0. The Morgan fingerprint density at radius 1 is 1.18 bits per heavy atom. The number of hydrogen-bond donors (Lipinski definition) is 2. The number of hydrogen-bond acceptors (Lipinski definition) is 3. The highest BCUT2D eigenvalue weighted by atomic mass is 35.5. The maximum atomic E-state index is 12.1. The number of carbonyl (C=O) groups is 1. The molecule has 22 heavy (non-hydrogen) atoms. The molecule has 0 aliphatic carbocycles. The fourth-order valence-corrected chi connectivity index (χ4v) is 4.33.